The first-order valence-corrected chi connectivity index (χ1v) is 4.85. The van der Waals surface area contributed by atoms with Crippen LogP contribution in [-0.2, 0) is 0 Å². The van der Waals surface area contributed by atoms with Crippen LogP contribution in [0.2, 0.25) is 0 Å². The van der Waals surface area contributed by atoms with E-state index in [0.29, 0.717) is 10.8 Å². The number of nitrogens with zero attached hydrogens (tertiary/aromatic N) is 1. The van der Waals surface area contributed by atoms with Crippen LogP contribution in [0.1, 0.15) is 19.9 Å². The van der Waals surface area contributed by atoms with E-state index in [1.54, 1.807) is 24.3 Å². The van der Waals surface area contributed by atoms with E-state index in [9.17, 15) is 9.59 Å². The quantitative estimate of drug-likeness (QED) is 0.760. The van der Waals surface area contributed by atoms with Crippen LogP contribution in [0.25, 0.3) is 10.8 Å². The van der Waals surface area contributed by atoms with Gasteiger partial charge in [0, 0.05) is 6.04 Å². The highest BCUT2D eigenvalue weighted by molar-refractivity contribution is 5.80. The highest BCUT2D eigenvalue weighted by Crippen LogP contribution is 2.04. The Morgan fingerprint density at radius 3 is 2.33 bits per heavy atom. The maximum absolute atomic E-state index is 11.9. The molecule has 78 valence electrons. The van der Waals surface area contributed by atoms with Crippen molar-refractivity contribution in [1.82, 2.24) is 9.78 Å². The number of hydrogen-bond donors (Lipinski definition) is 1. The van der Waals surface area contributed by atoms with Gasteiger partial charge in [0.25, 0.3) is 11.1 Å². The number of benzene rings is 1. The van der Waals surface area contributed by atoms with Crippen molar-refractivity contribution in [1.29, 1.82) is 0 Å². The molecule has 0 radical (unpaired) electrons. The van der Waals surface area contributed by atoms with E-state index in [2.05, 4.69) is 5.10 Å². The van der Waals surface area contributed by atoms with Crippen LogP contribution < -0.4 is 11.1 Å². The van der Waals surface area contributed by atoms with Crippen molar-refractivity contribution in [3.8, 4) is 0 Å². The lowest BCUT2D eigenvalue weighted by Gasteiger charge is -2.09. The molecule has 2 rings (SSSR count). The van der Waals surface area contributed by atoms with Crippen molar-refractivity contribution < 1.29 is 0 Å². The number of hydrogen-bond acceptors (Lipinski definition) is 2. The lowest BCUT2D eigenvalue weighted by molar-refractivity contribution is 0.502. The van der Waals surface area contributed by atoms with E-state index in [1.807, 2.05) is 13.8 Å². The Hall–Kier alpha value is -1.84. The van der Waals surface area contributed by atoms with E-state index in [1.165, 1.54) is 4.68 Å². The second-order valence-electron chi connectivity index (χ2n) is 3.76. The molecule has 1 N–H and O–H groups in total. The molecule has 0 aliphatic carbocycles. The van der Waals surface area contributed by atoms with Crippen molar-refractivity contribution in [2.24, 2.45) is 0 Å². The van der Waals surface area contributed by atoms with Crippen LogP contribution >= 0.6 is 0 Å². The lowest BCUT2D eigenvalue weighted by Crippen LogP contribution is -2.30. The van der Waals surface area contributed by atoms with Crippen molar-refractivity contribution in [3.63, 3.8) is 0 Å². The topological polar surface area (TPSA) is 54.9 Å². The molecule has 0 aliphatic rings. The molecule has 0 aliphatic heterocycles. The summed E-state index contributed by atoms with van der Waals surface area (Å²) in [6, 6.07) is 6.78. The molecule has 0 amide bonds. The zero-order chi connectivity index (χ0) is 11.0. The highest BCUT2D eigenvalue weighted by atomic mass is 16.2. The van der Waals surface area contributed by atoms with Crippen molar-refractivity contribution in [3.05, 3.63) is 45.0 Å². The molecular formula is C11H12N2O2. The fraction of sp³-hybridized carbons (Fsp3) is 0.273. The molecule has 4 nitrogen and oxygen atoms in total. The van der Waals surface area contributed by atoms with Gasteiger partial charge < -0.3 is 0 Å². The fourth-order valence-electron chi connectivity index (χ4n) is 1.58. The summed E-state index contributed by atoms with van der Waals surface area (Å²) in [4.78, 5) is 23.6. The van der Waals surface area contributed by atoms with Gasteiger partial charge in [-0.05, 0) is 26.0 Å². The first kappa shape index (κ1) is 9.71. The van der Waals surface area contributed by atoms with Crippen molar-refractivity contribution in [2.45, 2.75) is 19.9 Å². The molecule has 1 heterocycles. The summed E-state index contributed by atoms with van der Waals surface area (Å²) in [7, 11) is 0. The molecule has 0 saturated heterocycles. The van der Waals surface area contributed by atoms with Gasteiger partial charge in [0.15, 0.2) is 0 Å². The Bertz CT molecular complexity index is 608. The maximum Gasteiger partial charge on any atom is 0.273 e. The third kappa shape index (κ3) is 1.48. The molecular weight excluding hydrogens is 192 g/mol. The smallest absolute Gasteiger partial charge is 0.267 e. The number of H-pyrrole nitrogens is 1. The summed E-state index contributed by atoms with van der Waals surface area (Å²) in [5, 5.41) is 3.48. The minimum Gasteiger partial charge on any atom is -0.267 e. The lowest BCUT2D eigenvalue weighted by atomic mass is 10.2. The number of aromatic nitrogens is 2. The molecule has 0 saturated carbocycles. The van der Waals surface area contributed by atoms with Gasteiger partial charge in [-0.15, -0.1) is 0 Å². The van der Waals surface area contributed by atoms with E-state index in [0.717, 1.165) is 0 Å². The molecule has 2 aromatic rings. The zero-order valence-electron chi connectivity index (χ0n) is 8.65. The molecule has 4 heteroatoms. The fourth-order valence-corrected chi connectivity index (χ4v) is 1.58. The molecule has 0 fully saturated rings. The first-order chi connectivity index (χ1) is 7.11. The van der Waals surface area contributed by atoms with Gasteiger partial charge in [-0.2, -0.15) is 0 Å². The third-order valence-corrected chi connectivity index (χ3v) is 2.36. The van der Waals surface area contributed by atoms with Gasteiger partial charge in [0.05, 0.1) is 10.8 Å². The number of rotatable bonds is 1. The Labute approximate surface area is 86.1 Å². The summed E-state index contributed by atoms with van der Waals surface area (Å²) in [5.41, 5.74) is -0.376. The van der Waals surface area contributed by atoms with Crippen molar-refractivity contribution in [2.75, 3.05) is 0 Å². The van der Waals surface area contributed by atoms with Gasteiger partial charge in [0.2, 0.25) is 0 Å². The van der Waals surface area contributed by atoms with Gasteiger partial charge in [0.1, 0.15) is 0 Å². The van der Waals surface area contributed by atoms with E-state index < -0.39 is 0 Å². The Morgan fingerprint density at radius 1 is 1.13 bits per heavy atom. The van der Waals surface area contributed by atoms with Crippen LogP contribution in [0.4, 0.5) is 0 Å². The zero-order valence-corrected chi connectivity index (χ0v) is 8.65. The van der Waals surface area contributed by atoms with Gasteiger partial charge in [-0.25, -0.2) is 4.68 Å². The van der Waals surface area contributed by atoms with E-state index >= 15 is 0 Å². The highest BCUT2D eigenvalue weighted by Gasteiger charge is 2.07. The summed E-state index contributed by atoms with van der Waals surface area (Å²) < 4.78 is 1.35. The Balaban J connectivity index is 2.98. The van der Waals surface area contributed by atoms with Crippen LogP contribution in [0, 0.1) is 0 Å². The third-order valence-electron chi connectivity index (χ3n) is 2.36. The van der Waals surface area contributed by atoms with Crippen molar-refractivity contribution >= 4 is 10.8 Å². The molecule has 0 atom stereocenters. The Kier molecular flexibility index (Phi) is 2.19. The average molecular weight is 204 g/mol. The van der Waals surface area contributed by atoms with Crippen LogP contribution in [0.5, 0.6) is 0 Å². The molecule has 1 aromatic carbocycles. The first-order valence-electron chi connectivity index (χ1n) is 4.85. The maximum atomic E-state index is 11.9. The second-order valence-corrected chi connectivity index (χ2v) is 3.76. The number of nitrogens with one attached hydrogen (secondary N) is 1. The minimum atomic E-state index is -0.223. The summed E-state index contributed by atoms with van der Waals surface area (Å²) >= 11 is 0. The standard InChI is InChI=1S/C11H12N2O2/c1-7(2)13-11(15)9-6-4-3-5-8(9)10(14)12-13/h3-7H,1-2H3,(H,12,14). The summed E-state index contributed by atoms with van der Waals surface area (Å²) in [6.07, 6.45) is 0. The largest absolute Gasteiger partial charge is 0.273 e. The molecule has 1 aromatic heterocycles. The molecule has 0 spiro atoms. The summed E-state index contributed by atoms with van der Waals surface area (Å²) in [6.45, 7) is 3.71. The van der Waals surface area contributed by atoms with Gasteiger partial charge in [-0.3, -0.25) is 14.7 Å². The normalized spacial score (nSPS) is 11.1. The second kappa shape index (κ2) is 3.38. The minimum absolute atomic E-state index is 0.0465. The molecule has 0 bridgehead atoms. The average Bonchev–Trinajstić information content (AvgIpc) is 2.23. The SMILES string of the molecule is CC(C)n1[nH]c(=O)c2ccccc2c1=O. The monoisotopic (exact) mass is 204 g/mol. The van der Waals surface area contributed by atoms with Gasteiger partial charge in [-0.1, -0.05) is 12.1 Å². The predicted octanol–water partition coefficient (Wildman–Crippen LogP) is 1.27. The predicted molar refractivity (Wildman–Crippen MR) is 59.2 cm³/mol. The summed E-state index contributed by atoms with van der Waals surface area (Å²) in [5.74, 6) is 0. The van der Waals surface area contributed by atoms with Crippen LogP contribution in [0.15, 0.2) is 33.9 Å². The van der Waals surface area contributed by atoms with E-state index in [-0.39, 0.29) is 17.2 Å². The van der Waals surface area contributed by atoms with Crippen LogP contribution in [-0.4, -0.2) is 9.78 Å². The van der Waals surface area contributed by atoms with E-state index in [4.69, 9.17) is 0 Å². The van der Waals surface area contributed by atoms with Gasteiger partial charge >= 0.3 is 0 Å². The molecule has 15 heavy (non-hydrogen) atoms. The Morgan fingerprint density at radius 2 is 1.73 bits per heavy atom. The van der Waals surface area contributed by atoms with Crippen LogP contribution in [0.3, 0.4) is 0 Å². The molecule has 0 unspecified atom stereocenters. The number of aromatic amines is 1. The number of fused-ring (bicyclic) bond motifs is 1.